The maximum Gasteiger partial charge on any atom is 0.410 e. The second-order valence-electron chi connectivity index (χ2n) is 6.03. The van der Waals surface area contributed by atoms with Crippen molar-refractivity contribution in [3.8, 4) is 0 Å². The molecule has 116 valence electrons. The highest BCUT2D eigenvalue weighted by atomic mass is 16.7. The number of aliphatic carboxylic acids is 1. The van der Waals surface area contributed by atoms with Crippen LogP contribution in [-0.4, -0.2) is 53.4 Å². The molecule has 1 aliphatic rings. The topological polar surface area (TPSA) is 88.1 Å². The van der Waals surface area contributed by atoms with Gasteiger partial charge in [-0.1, -0.05) is 0 Å². The normalized spacial score (nSPS) is 18.7. The number of hydrogen-bond donors (Lipinski definition) is 2. The number of piperidine rings is 1. The molecule has 0 aromatic rings. The number of hydrogen-bond acceptors (Lipinski definition) is 5. The van der Waals surface area contributed by atoms with Crippen molar-refractivity contribution in [2.24, 2.45) is 0 Å². The minimum atomic E-state index is -0.911. The zero-order chi connectivity index (χ0) is 15.4. The Kier molecular flexibility index (Phi) is 5.35. The maximum atomic E-state index is 11.9. The third-order valence-electron chi connectivity index (χ3n) is 3.12. The Morgan fingerprint density at radius 1 is 1.30 bits per heavy atom. The highest BCUT2D eigenvalue weighted by Gasteiger charge is 2.40. The lowest BCUT2D eigenvalue weighted by atomic mass is 9.88. The molecule has 0 radical (unpaired) electrons. The summed E-state index contributed by atoms with van der Waals surface area (Å²) in [5.74, 6) is -0.911. The molecule has 1 rings (SSSR count). The predicted molar refractivity (Wildman–Crippen MR) is 72.2 cm³/mol. The van der Waals surface area contributed by atoms with Gasteiger partial charge in [-0.05, 0) is 33.6 Å². The largest absolute Gasteiger partial charge is 0.481 e. The predicted octanol–water partition coefficient (Wildman–Crippen LogP) is 1.38. The standard InChI is InChI=1S/C13H24N2O5/c1-12(2,3)19-11(18)15-7-5-13(6-8-15,20-14-4)9-10(16)17/h14H,5-9H2,1-4H3,(H,16,17). The molecule has 7 nitrogen and oxygen atoms in total. The van der Waals surface area contributed by atoms with E-state index < -0.39 is 17.2 Å². The van der Waals surface area contributed by atoms with E-state index in [1.165, 1.54) is 0 Å². The molecule has 0 bridgehead atoms. The van der Waals surface area contributed by atoms with Gasteiger partial charge in [-0.3, -0.25) is 9.63 Å². The van der Waals surface area contributed by atoms with E-state index in [0.717, 1.165) is 0 Å². The van der Waals surface area contributed by atoms with E-state index in [1.54, 1.807) is 11.9 Å². The van der Waals surface area contributed by atoms with Crippen LogP contribution < -0.4 is 5.48 Å². The van der Waals surface area contributed by atoms with E-state index in [4.69, 9.17) is 14.7 Å². The average molecular weight is 288 g/mol. The number of amides is 1. The van der Waals surface area contributed by atoms with Crippen LogP contribution in [0.1, 0.15) is 40.0 Å². The Morgan fingerprint density at radius 2 is 1.85 bits per heavy atom. The number of nitrogens with one attached hydrogen (secondary N) is 1. The fourth-order valence-corrected chi connectivity index (χ4v) is 2.23. The van der Waals surface area contributed by atoms with Crippen molar-refractivity contribution in [1.29, 1.82) is 0 Å². The van der Waals surface area contributed by atoms with Crippen LogP contribution in [0.2, 0.25) is 0 Å². The summed E-state index contributed by atoms with van der Waals surface area (Å²) in [6.45, 7) is 6.28. The smallest absolute Gasteiger partial charge is 0.410 e. The number of carboxylic acids is 1. The Morgan fingerprint density at radius 3 is 2.25 bits per heavy atom. The monoisotopic (exact) mass is 288 g/mol. The molecule has 1 saturated heterocycles. The minimum absolute atomic E-state index is 0.0873. The van der Waals surface area contributed by atoms with Gasteiger partial charge in [0.2, 0.25) is 0 Å². The molecule has 0 atom stereocenters. The number of carboxylic acid groups (broad SMARTS) is 1. The molecule has 1 aliphatic heterocycles. The minimum Gasteiger partial charge on any atom is -0.481 e. The van der Waals surface area contributed by atoms with Gasteiger partial charge < -0.3 is 14.7 Å². The van der Waals surface area contributed by atoms with Gasteiger partial charge in [-0.15, -0.1) is 0 Å². The lowest BCUT2D eigenvalue weighted by molar-refractivity contribution is -0.160. The Labute approximate surface area is 119 Å². The molecule has 1 amide bonds. The zero-order valence-electron chi connectivity index (χ0n) is 12.6. The first kappa shape index (κ1) is 16.7. The van der Waals surface area contributed by atoms with Gasteiger partial charge in [-0.2, -0.15) is 0 Å². The summed E-state index contributed by atoms with van der Waals surface area (Å²) >= 11 is 0. The van der Waals surface area contributed by atoms with Crippen LogP contribution in [0.15, 0.2) is 0 Å². The van der Waals surface area contributed by atoms with E-state index in [-0.39, 0.29) is 12.5 Å². The highest BCUT2D eigenvalue weighted by Crippen LogP contribution is 2.29. The summed E-state index contributed by atoms with van der Waals surface area (Å²) in [4.78, 5) is 29.9. The van der Waals surface area contributed by atoms with Crippen molar-refractivity contribution >= 4 is 12.1 Å². The third kappa shape index (κ3) is 4.97. The Balaban J connectivity index is 2.60. The molecule has 0 aromatic heterocycles. The molecule has 0 unspecified atom stereocenters. The van der Waals surface area contributed by atoms with Gasteiger partial charge in [0.25, 0.3) is 0 Å². The van der Waals surface area contributed by atoms with Crippen molar-refractivity contribution in [3.63, 3.8) is 0 Å². The highest BCUT2D eigenvalue weighted by molar-refractivity contribution is 5.69. The fourth-order valence-electron chi connectivity index (χ4n) is 2.23. The number of likely N-dealkylation sites (tertiary alicyclic amines) is 1. The molecule has 20 heavy (non-hydrogen) atoms. The van der Waals surface area contributed by atoms with Gasteiger partial charge in [-0.25, -0.2) is 10.3 Å². The van der Waals surface area contributed by atoms with E-state index in [2.05, 4.69) is 5.48 Å². The SMILES string of the molecule is CNOC1(CC(=O)O)CCN(C(=O)OC(C)(C)C)CC1. The third-order valence-corrected chi connectivity index (χ3v) is 3.12. The molecular formula is C13H24N2O5. The van der Waals surface area contributed by atoms with Crippen LogP contribution in [0.4, 0.5) is 4.79 Å². The average Bonchev–Trinajstić information content (AvgIpc) is 2.26. The van der Waals surface area contributed by atoms with Gasteiger partial charge in [0, 0.05) is 20.1 Å². The molecular weight excluding hydrogens is 264 g/mol. The molecule has 0 aliphatic carbocycles. The molecule has 1 heterocycles. The van der Waals surface area contributed by atoms with Crippen LogP contribution in [0.5, 0.6) is 0 Å². The van der Waals surface area contributed by atoms with Gasteiger partial charge in [0.1, 0.15) is 11.2 Å². The van der Waals surface area contributed by atoms with Gasteiger partial charge in [0.15, 0.2) is 0 Å². The van der Waals surface area contributed by atoms with Crippen molar-refractivity contribution < 1.29 is 24.3 Å². The molecule has 0 saturated carbocycles. The number of carbonyl (C=O) groups is 2. The van der Waals surface area contributed by atoms with E-state index in [0.29, 0.717) is 25.9 Å². The van der Waals surface area contributed by atoms with Crippen molar-refractivity contribution in [2.75, 3.05) is 20.1 Å². The summed E-state index contributed by atoms with van der Waals surface area (Å²) in [7, 11) is 1.60. The van der Waals surface area contributed by atoms with Crippen LogP contribution in [-0.2, 0) is 14.4 Å². The van der Waals surface area contributed by atoms with Gasteiger partial charge >= 0.3 is 12.1 Å². The van der Waals surface area contributed by atoms with Gasteiger partial charge in [0.05, 0.1) is 6.42 Å². The summed E-state index contributed by atoms with van der Waals surface area (Å²) in [6.07, 6.45) is 0.459. The molecule has 0 spiro atoms. The summed E-state index contributed by atoms with van der Waals surface area (Å²) < 4.78 is 5.30. The first-order valence-corrected chi connectivity index (χ1v) is 6.72. The lowest BCUT2D eigenvalue weighted by Gasteiger charge is -2.40. The molecule has 7 heteroatoms. The fraction of sp³-hybridized carbons (Fsp3) is 0.846. The molecule has 1 fully saturated rings. The summed E-state index contributed by atoms with van der Waals surface area (Å²) in [5, 5.41) is 8.97. The van der Waals surface area contributed by atoms with E-state index in [9.17, 15) is 9.59 Å². The van der Waals surface area contributed by atoms with Crippen LogP contribution in [0, 0.1) is 0 Å². The first-order chi connectivity index (χ1) is 9.17. The van der Waals surface area contributed by atoms with Crippen molar-refractivity contribution in [1.82, 2.24) is 10.4 Å². The van der Waals surface area contributed by atoms with E-state index >= 15 is 0 Å². The summed E-state index contributed by atoms with van der Waals surface area (Å²) in [5.41, 5.74) is 1.27. The first-order valence-electron chi connectivity index (χ1n) is 6.72. The number of ether oxygens (including phenoxy) is 1. The second-order valence-corrected chi connectivity index (χ2v) is 6.03. The number of carbonyl (C=O) groups excluding carboxylic acids is 1. The number of nitrogens with zero attached hydrogens (tertiary/aromatic N) is 1. The molecule has 0 aromatic carbocycles. The Bertz CT molecular complexity index is 356. The van der Waals surface area contributed by atoms with Crippen molar-refractivity contribution in [3.05, 3.63) is 0 Å². The van der Waals surface area contributed by atoms with Crippen LogP contribution >= 0.6 is 0 Å². The van der Waals surface area contributed by atoms with Crippen LogP contribution in [0.3, 0.4) is 0 Å². The summed E-state index contributed by atoms with van der Waals surface area (Å²) in [6, 6.07) is 0. The van der Waals surface area contributed by atoms with Crippen molar-refractivity contribution in [2.45, 2.75) is 51.2 Å². The zero-order valence-corrected chi connectivity index (χ0v) is 12.6. The lowest BCUT2D eigenvalue weighted by Crippen LogP contribution is -2.51. The molecule has 2 N–H and O–H groups in total. The number of rotatable bonds is 4. The second kappa shape index (κ2) is 6.41. The van der Waals surface area contributed by atoms with E-state index in [1.807, 2.05) is 20.8 Å². The number of hydroxylamine groups is 1. The quantitative estimate of drug-likeness (QED) is 0.760. The maximum absolute atomic E-state index is 11.9. The Hall–Kier alpha value is -1.34. The van der Waals surface area contributed by atoms with Crippen LogP contribution in [0.25, 0.3) is 0 Å².